The third kappa shape index (κ3) is 2.96. The minimum atomic E-state index is -1.00. The van der Waals surface area contributed by atoms with Crippen LogP contribution in [0.25, 0.3) is 0 Å². The topological polar surface area (TPSA) is 38.7 Å². The fourth-order valence-corrected chi connectivity index (χ4v) is 1.86. The molecular formula is C13H19FO3. The summed E-state index contributed by atoms with van der Waals surface area (Å²) < 4.78 is 24.0. The van der Waals surface area contributed by atoms with Crippen LogP contribution < -0.4 is 4.74 Å². The van der Waals surface area contributed by atoms with Crippen LogP contribution in [0.2, 0.25) is 0 Å². The highest BCUT2D eigenvalue weighted by atomic mass is 19.1. The molecule has 3 nitrogen and oxygen atoms in total. The molecule has 0 aliphatic heterocycles. The monoisotopic (exact) mass is 242 g/mol. The number of aliphatic hydroxyl groups excluding tert-OH is 1. The molecule has 0 saturated carbocycles. The first-order chi connectivity index (χ1) is 8.02. The Kier molecular flexibility index (Phi) is 4.90. The van der Waals surface area contributed by atoms with Crippen LogP contribution in [0.1, 0.15) is 25.5 Å². The largest absolute Gasteiger partial charge is 0.494 e. The normalized spacial score (nSPS) is 14.8. The van der Waals surface area contributed by atoms with Crippen molar-refractivity contribution in [1.29, 1.82) is 0 Å². The van der Waals surface area contributed by atoms with Gasteiger partial charge in [0.2, 0.25) is 0 Å². The molecule has 0 heterocycles. The average molecular weight is 242 g/mol. The van der Waals surface area contributed by atoms with Crippen molar-refractivity contribution in [3.63, 3.8) is 0 Å². The lowest BCUT2D eigenvalue weighted by Gasteiger charge is -2.25. The van der Waals surface area contributed by atoms with Crippen molar-refractivity contribution < 1.29 is 19.0 Å². The van der Waals surface area contributed by atoms with Crippen molar-refractivity contribution in [3.8, 4) is 5.75 Å². The molecule has 96 valence electrons. The lowest BCUT2D eigenvalue weighted by atomic mass is 9.95. The number of halogens is 1. The summed E-state index contributed by atoms with van der Waals surface area (Å²) in [6, 6.07) is 4.70. The lowest BCUT2D eigenvalue weighted by Crippen LogP contribution is -2.27. The van der Waals surface area contributed by atoms with E-state index in [1.807, 2.05) is 13.8 Å². The van der Waals surface area contributed by atoms with Gasteiger partial charge in [-0.3, -0.25) is 0 Å². The number of ether oxygens (including phenoxy) is 2. The van der Waals surface area contributed by atoms with Gasteiger partial charge in [-0.2, -0.15) is 0 Å². The first-order valence-corrected chi connectivity index (χ1v) is 5.56. The number of rotatable bonds is 5. The van der Waals surface area contributed by atoms with Gasteiger partial charge in [-0.1, -0.05) is 26.0 Å². The van der Waals surface area contributed by atoms with Crippen LogP contribution in [-0.4, -0.2) is 25.4 Å². The van der Waals surface area contributed by atoms with Crippen LogP contribution in [0.4, 0.5) is 4.39 Å². The molecular weight excluding hydrogens is 223 g/mol. The Bertz CT molecular complexity index is 366. The molecule has 4 heteroatoms. The zero-order valence-corrected chi connectivity index (χ0v) is 10.6. The number of aliphatic hydroxyl groups is 1. The Morgan fingerprint density at radius 2 is 1.88 bits per heavy atom. The van der Waals surface area contributed by atoms with E-state index in [-0.39, 0.29) is 17.2 Å². The third-order valence-electron chi connectivity index (χ3n) is 2.77. The quantitative estimate of drug-likeness (QED) is 0.862. The van der Waals surface area contributed by atoms with Gasteiger partial charge in [0.05, 0.1) is 13.2 Å². The molecule has 0 aromatic heterocycles. The van der Waals surface area contributed by atoms with Gasteiger partial charge >= 0.3 is 0 Å². The predicted octanol–water partition coefficient (Wildman–Crippen LogP) is 2.54. The summed E-state index contributed by atoms with van der Waals surface area (Å²) in [5.74, 6) is -0.328. The molecule has 1 N–H and O–H groups in total. The minimum absolute atomic E-state index is 0.0839. The van der Waals surface area contributed by atoms with E-state index in [0.29, 0.717) is 0 Å². The summed E-state index contributed by atoms with van der Waals surface area (Å²) in [6.07, 6.45) is -1.45. The lowest BCUT2D eigenvalue weighted by molar-refractivity contribution is -0.0406. The summed E-state index contributed by atoms with van der Waals surface area (Å²) in [6.45, 7) is 3.82. The summed E-state index contributed by atoms with van der Waals surface area (Å²) in [5, 5.41) is 10.1. The van der Waals surface area contributed by atoms with Crippen molar-refractivity contribution in [2.75, 3.05) is 14.2 Å². The standard InChI is InChI=1S/C13H19FO3/c1-8(2)13(17-4)12(15)9-6-5-7-10(16-3)11(9)14/h5-8,12-13,15H,1-4H3. The van der Waals surface area contributed by atoms with Gasteiger partial charge in [-0.25, -0.2) is 4.39 Å². The molecule has 17 heavy (non-hydrogen) atoms. The maximum Gasteiger partial charge on any atom is 0.170 e. The predicted molar refractivity (Wildman–Crippen MR) is 63.5 cm³/mol. The Labute approximate surface area is 101 Å². The fourth-order valence-electron chi connectivity index (χ4n) is 1.86. The molecule has 2 unspecified atom stereocenters. The zero-order valence-electron chi connectivity index (χ0n) is 10.6. The van der Waals surface area contributed by atoms with E-state index in [0.717, 1.165) is 0 Å². The summed E-state index contributed by atoms with van der Waals surface area (Å²) in [5.41, 5.74) is 0.199. The molecule has 1 aromatic rings. The van der Waals surface area contributed by atoms with E-state index in [2.05, 4.69) is 0 Å². The summed E-state index contributed by atoms with van der Waals surface area (Å²) in [7, 11) is 2.90. The minimum Gasteiger partial charge on any atom is -0.494 e. The SMILES string of the molecule is COc1cccc(C(O)C(OC)C(C)C)c1F. The van der Waals surface area contributed by atoms with Crippen molar-refractivity contribution in [1.82, 2.24) is 0 Å². The second-order valence-electron chi connectivity index (χ2n) is 4.25. The van der Waals surface area contributed by atoms with E-state index in [4.69, 9.17) is 9.47 Å². The molecule has 0 amide bonds. The molecule has 0 aliphatic carbocycles. The Balaban J connectivity index is 3.07. The Morgan fingerprint density at radius 3 is 2.35 bits per heavy atom. The Hall–Kier alpha value is -1.13. The number of hydrogen-bond donors (Lipinski definition) is 1. The van der Waals surface area contributed by atoms with Gasteiger partial charge in [-0.15, -0.1) is 0 Å². The van der Waals surface area contributed by atoms with Gasteiger partial charge in [0.15, 0.2) is 11.6 Å². The highest BCUT2D eigenvalue weighted by Gasteiger charge is 2.27. The Morgan fingerprint density at radius 1 is 1.24 bits per heavy atom. The summed E-state index contributed by atoms with van der Waals surface area (Å²) >= 11 is 0. The fraction of sp³-hybridized carbons (Fsp3) is 0.538. The molecule has 0 saturated heterocycles. The van der Waals surface area contributed by atoms with Crippen molar-refractivity contribution in [2.45, 2.75) is 26.1 Å². The number of benzene rings is 1. The van der Waals surface area contributed by atoms with Crippen molar-refractivity contribution in [2.24, 2.45) is 5.92 Å². The van der Waals surface area contributed by atoms with Gasteiger partial charge in [0.25, 0.3) is 0 Å². The maximum atomic E-state index is 13.9. The van der Waals surface area contributed by atoms with Crippen molar-refractivity contribution >= 4 is 0 Å². The highest BCUT2D eigenvalue weighted by Crippen LogP contribution is 2.30. The van der Waals surface area contributed by atoms with Crippen molar-refractivity contribution in [3.05, 3.63) is 29.6 Å². The first kappa shape index (κ1) is 13.9. The van der Waals surface area contributed by atoms with Crippen LogP contribution in [0, 0.1) is 11.7 Å². The number of hydrogen-bond acceptors (Lipinski definition) is 3. The van der Waals surface area contributed by atoms with Crippen LogP contribution >= 0.6 is 0 Å². The van der Waals surface area contributed by atoms with Crippen LogP contribution in [0.5, 0.6) is 5.75 Å². The van der Waals surface area contributed by atoms with Crippen LogP contribution in [0.15, 0.2) is 18.2 Å². The van der Waals surface area contributed by atoms with Crippen LogP contribution in [-0.2, 0) is 4.74 Å². The van der Waals surface area contributed by atoms with E-state index in [1.54, 1.807) is 6.07 Å². The molecule has 0 spiro atoms. The average Bonchev–Trinajstić information content (AvgIpc) is 2.29. The maximum absolute atomic E-state index is 13.9. The second kappa shape index (κ2) is 5.98. The van der Waals surface area contributed by atoms with E-state index < -0.39 is 18.0 Å². The molecule has 0 fully saturated rings. The zero-order chi connectivity index (χ0) is 13.0. The van der Waals surface area contributed by atoms with E-state index >= 15 is 0 Å². The summed E-state index contributed by atoms with van der Waals surface area (Å²) in [4.78, 5) is 0. The molecule has 0 radical (unpaired) electrons. The van der Waals surface area contributed by atoms with E-state index in [1.165, 1.54) is 26.4 Å². The van der Waals surface area contributed by atoms with Gasteiger partial charge < -0.3 is 14.6 Å². The number of methoxy groups -OCH3 is 2. The second-order valence-corrected chi connectivity index (χ2v) is 4.25. The van der Waals surface area contributed by atoms with Crippen LogP contribution in [0.3, 0.4) is 0 Å². The molecule has 2 atom stereocenters. The molecule has 1 aromatic carbocycles. The molecule has 0 bridgehead atoms. The molecule has 0 aliphatic rings. The van der Waals surface area contributed by atoms with Gasteiger partial charge in [0.1, 0.15) is 6.10 Å². The highest BCUT2D eigenvalue weighted by molar-refractivity contribution is 5.32. The van der Waals surface area contributed by atoms with E-state index in [9.17, 15) is 9.50 Å². The molecule has 1 rings (SSSR count). The first-order valence-electron chi connectivity index (χ1n) is 5.56. The third-order valence-corrected chi connectivity index (χ3v) is 2.77. The van der Waals surface area contributed by atoms with Gasteiger partial charge in [-0.05, 0) is 12.0 Å². The van der Waals surface area contributed by atoms with Gasteiger partial charge in [0, 0.05) is 12.7 Å². The smallest absolute Gasteiger partial charge is 0.170 e.